The number of nitrogens with zero attached hydrogens (tertiary/aromatic N) is 3. The third-order valence-corrected chi connectivity index (χ3v) is 6.50. The fourth-order valence-electron chi connectivity index (χ4n) is 3.40. The molecule has 0 radical (unpaired) electrons. The molecular formula is C20H26ClN5O2S. The first-order valence-corrected chi connectivity index (χ1v) is 11.1. The van der Waals surface area contributed by atoms with Gasteiger partial charge in [0.25, 0.3) is 5.91 Å². The van der Waals surface area contributed by atoms with Crippen molar-refractivity contribution in [2.45, 2.75) is 50.4 Å². The minimum Gasteiger partial charge on any atom is -0.352 e. The van der Waals surface area contributed by atoms with Crippen LogP contribution >= 0.6 is 23.4 Å². The number of rotatable bonds is 7. The summed E-state index contributed by atoms with van der Waals surface area (Å²) in [4.78, 5) is 24.5. The van der Waals surface area contributed by atoms with Gasteiger partial charge in [-0.05, 0) is 43.0 Å². The average Bonchev–Trinajstić information content (AvgIpc) is 3.06. The Balaban J connectivity index is 1.48. The maximum atomic E-state index is 12.3. The van der Waals surface area contributed by atoms with Crippen molar-refractivity contribution in [3.8, 4) is 0 Å². The summed E-state index contributed by atoms with van der Waals surface area (Å²) in [5.41, 5.74) is 0.528. The summed E-state index contributed by atoms with van der Waals surface area (Å²) in [6, 6.07) is 6.96. The van der Waals surface area contributed by atoms with Crippen LogP contribution in [0.25, 0.3) is 0 Å². The number of hydrogen-bond acceptors (Lipinski definition) is 5. The SMILES string of the molecule is C[C@@H]1CCCC[C@H]1NC(=O)CSc1nnc(CNC(=O)c2ccc(Cl)cc2)n1C. The second kappa shape index (κ2) is 10.1. The van der Waals surface area contributed by atoms with Gasteiger partial charge in [0, 0.05) is 23.7 Å². The average molecular weight is 436 g/mol. The second-order valence-corrected chi connectivity index (χ2v) is 8.75. The van der Waals surface area contributed by atoms with Gasteiger partial charge in [-0.15, -0.1) is 10.2 Å². The van der Waals surface area contributed by atoms with Gasteiger partial charge in [0.05, 0.1) is 12.3 Å². The Hall–Kier alpha value is -2.06. The van der Waals surface area contributed by atoms with Crippen LogP contribution in [0.2, 0.25) is 5.02 Å². The molecule has 1 saturated carbocycles. The van der Waals surface area contributed by atoms with Gasteiger partial charge in [-0.25, -0.2) is 0 Å². The molecule has 9 heteroatoms. The molecule has 2 aromatic rings. The fraction of sp³-hybridized carbons (Fsp3) is 0.500. The second-order valence-electron chi connectivity index (χ2n) is 7.37. The van der Waals surface area contributed by atoms with E-state index in [1.807, 2.05) is 7.05 Å². The van der Waals surface area contributed by atoms with Crippen molar-refractivity contribution in [1.82, 2.24) is 25.4 Å². The van der Waals surface area contributed by atoms with E-state index in [9.17, 15) is 9.59 Å². The van der Waals surface area contributed by atoms with Gasteiger partial charge in [0.1, 0.15) is 0 Å². The molecule has 0 unspecified atom stereocenters. The number of thioether (sulfide) groups is 1. The van der Waals surface area contributed by atoms with E-state index in [0.717, 1.165) is 6.42 Å². The Morgan fingerprint density at radius 3 is 2.66 bits per heavy atom. The Labute approximate surface area is 180 Å². The lowest BCUT2D eigenvalue weighted by atomic mass is 9.86. The summed E-state index contributed by atoms with van der Waals surface area (Å²) in [6.45, 7) is 2.45. The zero-order valence-electron chi connectivity index (χ0n) is 16.7. The third kappa shape index (κ3) is 5.96. The lowest BCUT2D eigenvalue weighted by molar-refractivity contribution is -0.119. The number of aromatic nitrogens is 3. The van der Waals surface area contributed by atoms with Gasteiger partial charge in [0.15, 0.2) is 11.0 Å². The van der Waals surface area contributed by atoms with E-state index < -0.39 is 0 Å². The van der Waals surface area contributed by atoms with Crippen LogP contribution in [-0.4, -0.2) is 38.4 Å². The first-order valence-electron chi connectivity index (χ1n) is 9.78. The van der Waals surface area contributed by atoms with Crippen LogP contribution in [0.1, 0.15) is 48.8 Å². The molecule has 2 atom stereocenters. The number of halogens is 1. The Morgan fingerprint density at radius 2 is 1.93 bits per heavy atom. The van der Waals surface area contributed by atoms with Crippen molar-refractivity contribution in [3.63, 3.8) is 0 Å². The monoisotopic (exact) mass is 435 g/mol. The molecule has 1 aliphatic rings. The molecule has 1 heterocycles. The summed E-state index contributed by atoms with van der Waals surface area (Å²) >= 11 is 7.19. The first kappa shape index (κ1) is 21.6. The van der Waals surface area contributed by atoms with Gasteiger partial charge in [-0.1, -0.05) is 43.1 Å². The molecule has 0 aliphatic heterocycles. The van der Waals surface area contributed by atoms with Gasteiger partial charge < -0.3 is 15.2 Å². The van der Waals surface area contributed by atoms with Crippen LogP contribution in [0.3, 0.4) is 0 Å². The molecule has 2 amide bonds. The lowest BCUT2D eigenvalue weighted by Crippen LogP contribution is -2.41. The summed E-state index contributed by atoms with van der Waals surface area (Å²) in [7, 11) is 1.83. The molecule has 0 spiro atoms. The first-order chi connectivity index (χ1) is 13.9. The van der Waals surface area contributed by atoms with Crippen molar-refractivity contribution < 1.29 is 9.59 Å². The molecule has 2 N–H and O–H groups in total. The normalized spacial score (nSPS) is 19.0. The molecule has 0 bridgehead atoms. The van der Waals surface area contributed by atoms with Gasteiger partial charge >= 0.3 is 0 Å². The highest BCUT2D eigenvalue weighted by Crippen LogP contribution is 2.24. The highest BCUT2D eigenvalue weighted by Gasteiger charge is 2.23. The van der Waals surface area contributed by atoms with Crippen molar-refractivity contribution >= 4 is 35.2 Å². The fourth-order valence-corrected chi connectivity index (χ4v) is 4.26. The molecule has 1 aromatic heterocycles. The topological polar surface area (TPSA) is 88.9 Å². The smallest absolute Gasteiger partial charge is 0.251 e. The van der Waals surface area contributed by atoms with Crippen molar-refractivity contribution in [3.05, 3.63) is 40.7 Å². The van der Waals surface area contributed by atoms with Crippen LogP contribution in [0.4, 0.5) is 0 Å². The van der Waals surface area contributed by atoms with Crippen molar-refractivity contribution in [2.24, 2.45) is 13.0 Å². The molecule has 7 nitrogen and oxygen atoms in total. The van der Waals surface area contributed by atoms with Crippen molar-refractivity contribution in [2.75, 3.05) is 5.75 Å². The molecular weight excluding hydrogens is 410 g/mol. The van der Waals surface area contributed by atoms with E-state index in [0.29, 0.717) is 33.2 Å². The van der Waals surface area contributed by atoms with E-state index in [2.05, 4.69) is 27.8 Å². The number of benzene rings is 1. The third-order valence-electron chi connectivity index (χ3n) is 5.23. The molecule has 0 saturated heterocycles. The number of amides is 2. The highest BCUT2D eigenvalue weighted by molar-refractivity contribution is 7.99. The molecule has 1 aliphatic carbocycles. The van der Waals surface area contributed by atoms with E-state index in [-0.39, 0.29) is 24.4 Å². The van der Waals surface area contributed by atoms with E-state index in [1.165, 1.54) is 31.0 Å². The zero-order chi connectivity index (χ0) is 20.8. The van der Waals surface area contributed by atoms with Crippen LogP contribution in [0.15, 0.2) is 29.4 Å². The van der Waals surface area contributed by atoms with Gasteiger partial charge in [0.2, 0.25) is 5.91 Å². The number of nitrogens with one attached hydrogen (secondary N) is 2. The standard InChI is InChI=1S/C20H26ClN5O2S/c1-13-5-3-4-6-16(13)23-18(27)12-29-20-25-24-17(26(20)2)11-22-19(28)14-7-9-15(21)10-8-14/h7-10,13,16H,3-6,11-12H2,1-2H3,(H,22,28)(H,23,27)/t13-,16-/m1/s1. The lowest BCUT2D eigenvalue weighted by Gasteiger charge is -2.29. The maximum absolute atomic E-state index is 12.3. The van der Waals surface area contributed by atoms with Gasteiger partial charge in [-0.2, -0.15) is 0 Å². The molecule has 156 valence electrons. The Kier molecular flexibility index (Phi) is 7.55. The minimum absolute atomic E-state index is 0.0225. The molecule has 1 aromatic carbocycles. The number of hydrogen-bond donors (Lipinski definition) is 2. The Bertz CT molecular complexity index is 855. The van der Waals surface area contributed by atoms with E-state index in [1.54, 1.807) is 28.8 Å². The summed E-state index contributed by atoms with van der Waals surface area (Å²) in [5, 5.41) is 15.5. The zero-order valence-corrected chi connectivity index (χ0v) is 18.2. The van der Waals surface area contributed by atoms with Crippen LogP contribution in [0.5, 0.6) is 0 Å². The van der Waals surface area contributed by atoms with Crippen molar-refractivity contribution in [1.29, 1.82) is 0 Å². The largest absolute Gasteiger partial charge is 0.352 e. The summed E-state index contributed by atoms with van der Waals surface area (Å²) in [6.07, 6.45) is 4.65. The predicted octanol–water partition coefficient (Wildman–Crippen LogP) is 3.19. The number of carbonyl (C=O) groups is 2. The quantitative estimate of drug-likeness (QED) is 0.652. The van der Waals surface area contributed by atoms with E-state index in [4.69, 9.17) is 11.6 Å². The molecule has 1 fully saturated rings. The van der Waals surface area contributed by atoms with E-state index >= 15 is 0 Å². The van der Waals surface area contributed by atoms with Crippen LogP contribution in [0, 0.1) is 5.92 Å². The summed E-state index contributed by atoms with van der Waals surface area (Å²) in [5.74, 6) is 1.26. The van der Waals surface area contributed by atoms with Gasteiger partial charge in [-0.3, -0.25) is 9.59 Å². The van der Waals surface area contributed by atoms with Crippen LogP contribution in [-0.2, 0) is 18.4 Å². The molecule has 29 heavy (non-hydrogen) atoms. The number of carbonyl (C=O) groups excluding carboxylic acids is 2. The Morgan fingerprint density at radius 1 is 1.21 bits per heavy atom. The van der Waals surface area contributed by atoms with Crippen LogP contribution < -0.4 is 10.6 Å². The highest BCUT2D eigenvalue weighted by atomic mass is 35.5. The summed E-state index contributed by atoms with van der Waals surface area (Å²) < 4.78 is 1.79. The minimum atomic E-state index is -0.208. The molecule has 3 rings (SSSR count). The predicted molar refractivity (Wildman–Crippen MR) is 114 cm³/mol. The maximum Gasteiger partial charge on any atom is 0.251 e.